The summed E-state index contributed by atoms with van der Waals surface area (Å²) >= 11 is 0. The van der Waals surface area contributed by atoms with Crippen LogP contribution in [0.25, 0.3) is 0 Å². The van der Waals surface area contributed by atoms with E-state index in [1.807, 2.05) is 36.4 Å². The van der Waals surface area contributed by atoms with E-state index >= 15 is 0 Å². The van der Waals surface area contributed by atoms with E-state index < -0.39 is 15.9 Å². The molecule has 0 radical (unpaired) electrons. The highest BCUT2D eigenvalue weighted by molar-refractivity contribution is 7.89. The molecule has 0 spiro atoms. The monoisotopic (exact) mass is 479 g/mol. The largest absolute Gasteiger partial charge is 0.469 e. The van der Waals surface area contributed by atoms with Gasteiger partial charge < -0.3 is 4.74 Å². The van der Waals surface area contributed by atoms with E-state index in [2.05, 4.69) is 26.0 Å². The summed E-state index contributed by atoms with van der Waals surface area (Å²) in [5, 5.41) is 0. The Morgan fingerprint density at radius 1 is 0.824 bits per heavy atom. The second-order valence-electron chi connectivity index (χ2n) is 8.99. The number of esters is 1. The quantitative estimate of drug-likeness (QED) is 0.358. The van der Waals surface area contributed by atoms with Crippen molar-refractivity contribution in [2.24, 2.45) is 5.92 Å². The summed E-state index contributed by atoms with van der Waals surface area (Å²) in [4.78, 5) is 12.3. The molecule has 180 valence electrons. The van der Waals surface area contributed by atoms with E-state index in [1.54, 1.807) is 37.3 Å². The van der Waals surface area contributed by atoms with Crippen molar-refractivity contribution >= 4 is 16.0 Å². The molecule has 0 fully saturated rings. The fraction of sp³-hybridized carbons (Fsp3) is 0.321. The number of nitrogens with zero attached hydrogens (tertiary/aromatic N) is 1. The molecule has 0 aromatic heterocycles. The van der Waals surface area contributed by atoms with Crippen LogP contribution in [0, 0.1) is 5.92 Å². The highest BCUT2D eigenvalue weighted by atomic mass is 32.2. The van der Waals surface area contributed by atoms with Gasteiger partial charge in [0.2, 0.25) is 10.0 Å². The van der Waals surface area contributed by atoms with Gasteiger partial charge in [-0.2, -0.15) is 4.31 Å². The predicted octanol–water partition coefficient (Wildman–Crippen LogP) is 5.55. The molecule has 1 atom stereocenters. The van der Waals surface area contributed by atoms with Gasteiger partial charge in [-0.25, -0.2) is 8.42 Å². The number of hydrogen-bond acceptors (Lipinski definition) is 4. The van der Waals surface area contributed by atoms with Gasteiger partial charge in [0.15, 0.2) is 0 Å². The SMILES string of the molecule is COC(=O)C(C)c1cccc(CN(Cc2ccc(CC(C)C)cc2)S(=O)(=O)c2ccccc2)c1. The third-order valence-electron chi connectivity index (χ3n) is 5.77. The third-order valence-corrected chi connectivity index (χ3v) is 7.58. The molecule has 3 aromatic carbocycles. The maximum atomic E-state index is 13.6. The Morgan fingerprint density at radius 3 is 2.06 bits per heavy atom. The van der Waals surface area contributed by atoms with Crippen LogP contribution in [-0.2, 0) is 39.1 Å². The molecule has 0 aliphatic carbocycles. The van der Waals surface area contributed by atoms with Crippen LogP contribution in [0.15, 0.2) is 83.8 Å². The first-order valence-corrected chi connectivity index (χ1v) is 12.9. The number of rotatable bonds is 10. The minimum Gasteiger partial charge on any atom is -0.469 e. The van der Waals surface area contributed by atoms with Gasteiger partial charge in [0, 0.05) is 13.1 Å². The van der Waals surface area contributed by atoms with Gasteiger partial charge in [-0.3, -0.25) is 4.79 Å². The van der Waals surface area contributed by atoms with E-state index in [9.17, 15) is 13.2 Å². The number of sulfonamides is 1. The summed E-state index contributed by atoms with van der Waals surface area (Å²) in [6.45, 7) is 6.57. The van der Waals surface area contributed by atoms with Crippen LogP contribution in [0.5, 0.6) is 0 Å². The van der Waals surface area contributed by atoms with Crippen LogP contribution in [-0.4, -0.2) is 25.8 Å². The predicted molar refractivity (Wildman–Crippen MR) is 135 cm³/mol. The van der Waals surface area contributed by atoms with Gasteiger partial charge in [-0.1, -0.05) is 80.6 Å². The van der Waals surface area contributed by atoms with E-state index in [0.717, 1.165) is 23.1 Å². The molecule has 0 aliphatic rings. The fourth-order valence-electron chi connectivity index (χ4n) is 3.90. The van der Waals surface area contributed by atoms with Gasteiger partial charge >= 0.3 is 5.97 Å². The molecule has 34 heavy (non-hydrogen) atoms. The number of carbonyl (C=O) groups is 1. The zero-order valence-electron chi connectivity index (χ0n) is 20.3. The Labute approximate surface area is 203 Å². The molecular formula is C28H33NO4S. The minimum absolute atomic E-state index is 0.187. The molecule has 0 saturated heterocycles. The second kappa shape index (κ2) is 11.4. The topological polar surface area (TPSA) is 63.7 Å². The normalized spacial score (nSPS) is 12.6. The van der Waals surface area contributed by atoms with Crippen molar-refractivity contribution in [1.29, 1.82) is 0 Å². The van der Waals surface area contributed by atoms with Crippen molar-refractivity contribution in [3.8, 4) is 0 Å². The van der Waals surface area contributed by atoms with Crippen LogP contribution in [0.3, 0.4) is 0 Å². The van der Waals surface area contributed by atoms with Gasteiger partial charge in [0.1, 0.15) is 0 Å². The summed E-state index contributed by atoms with van der Waals surface area (Å²) < 4.78 is 33.5. The van der Waals surface area contributed by atoms with Crippen molar-refractivity contribution in [3.63, 3.8) is 0 Å². The molecule has 1 unspecified atom stereocenters. The number of methoxy groups -OCH3 is 1. The van der Waals surface area contributed by atoms with Gasteiger partial charge in [0.05, 0.1) is 17.9 Å². The van der Waals surface area contributed by atoms with Gasteiger partial charge in [-0.05, 0) is 53.6 Å². The Bertz CT molecular complexity index is 1190. The second-order valence-corrected chi connectivity index (χ2v) is 10.9. The van der Waals surface area contributed by atoms with Crippen LogP contribution in [0.2, 0.25) is 0 Å². The summed E-state index contributed by atoms with van der Waals surface area (Å²) in [7, 11) is -2.37. The number of carbonyl (C=O) groups excluding carboxylic acids is 1. The average molecular weight is 480 g/mol. The van der Waals surface area contributed by atoms with E-state index in [-0.39, 0.29) is 24.0 Å². The zero-order valence-corrected chi connectivity index (χ0v) is 21.1. The Kier molecular flexibility index (Phi) is 8.64. The van der Waals surface area contributed by atoms with Crippen molar-refractivity contribution < 1.29 is 17.9 Å². The average Bonchev–Trinajstić information content (AvgIpc) is 2.84. The zero-order chi connectivity index (χ0) is 24.7. The third kappa shape index (κ3) is 6.55. The van der Waals surface area contributed by atoms with Gasteiger partial charge in [0.25, 0.3) is 0 Å². The van der Waals surface area contributed by atoms with Crippen molar-refractivity contribution in [1.82, 2.24) is 4.31 Å². The highest BCUT2D eigenvalue weighted by Crippen LogP contribution is 2.24. The van der Waals surface area contributed by atoms with Crippen LogP contribution in [0.1, 0.15) is 48.9 Å². The molecule has 3 rings (SSSR count). The Morgan fingerprint density at radius 2 is 1.44 bits per heavy atom. The molecule has 0 aliphatic heterocycles. The molecule has 6 heteroatoms. The molecule has 3 aromatic rings. The maximum Gasteiger partial charge on any atom is 0.312 e. The molecule has 0 bridgehead atoms. The molecule has 0 saturated carbocycles. The van der Waals surface area contributed by atoms with E-state index in [1.165, 1.54) is 17.0 Å². The van der Waals surface area contributed by atoms with Crippen molar-refractivity contribution in [2.75, 3.05) is 7.11 Å². The number of ether oxygens (including phenoxy) is 1. The van der Waals surface area contributed by atoms with Crippen molar-refractivity contribution in [3.05, 3.63) is 101 Å². The first-order chi connectivity index (χ1) is 16.2. The first kappa shape index (κ1) is 25.7. The van der Waals surface area contributed by atoms with E-state index in [0.29, 0.717) is 5.92 Å². The number of hydrogen-bond donors (Lipinski definition) is 0. The maximum absolute atomic E-state index is 13.6. The smallest absolute Gasteiger partial charge is 0.312 e. The Balaban J connectivity index is 1.92. The lowest BCUT2D eigenvalue weighted by Gasteiger charge is -2.23. The Hall–Kier alpha value is -2.96. The van der Waals surface area contributed by atoms with Crippen LogP contribution in [0.4, 0.5) is 0 Å². The van der Waals surface area contributed by atoms with E-state index in [4.69, 9.17) is 4.74 Å². The van der Waals surface area contributed by atoms with Crippen LogP contribution >= 0.6 is 0 Å². The lowest BCUT2D eigenvalue weighted by atomic mass is 9.99. The summed E-state index contributed by atoms with van der Waals surface area (Å²) in [5.41, 5.74) is 3.76. The molecular weight excluding hydrogens is 446 g/mol. The number of benzene rings is 3. The summed E-state index contributed by atoms with van der Waals surface area (Å²) in [5.74, 6) is -0.203. The minimum atomic E-state index is -3.74. The molecule has 0 amide bonds. The lowest BCUT2D eigenvalue weighted by Crippen LogP contribution is -2.30. The summed E-state index contributed by atoms with van der Waals surface area (Å²) in [6.07, 6.45) is 0.984. The molecule has 0 N–H and O–H groups in total. The lowest BCUT2D eigenvalue weighted by molar-refractivity contribution is -0.141. The standard InChI is InChI=1S/C28H33NO4S/c1-21(2)17-23-13-15-24(16-14-23)19-29(34(31,32)27-11-6-5-7-12-27)20-25-9-8-10-26(18-25)22(3)28(30)33-4/h5-16,18,21-22H,17,19-20H2,1-4H3. The fourth-order valence-corrected chi connectivity index (χ4v) is 5.34. The van der Waals surface area contributed by atoms with Crippen molar-refractivity contribution in [2.45, 2.75) is 51.1 Å². The van der Waals surface area contributed by atoms with Crippen LogP contribution < -0.4 is 0 Å². The highest BCUT2D eigenvalue weighted by Gasteiger charge is 2.25. The molecule has 5 nitrogen and oxygen atoms in total. The summed E-state index contributed by atoms with van der Waals surface area (Å²) in [6, 6.07) is 24.1. The first-order valence-electron chi connectivity index (χ1n) is 11.5. The van der Waals surface area contributed by atoms with Gasteiger partial charge in [-0.15, -0.1) is 0 Å². The molecule has 0 heterocycles.